The molecule has 2 N–H and O–H groups in total. The molecule has 0 aliphatic heterocycles. The van der Waals surface area contributed by atoms with Crippen LogP contribution in [0.15, 0.2) is 47.1 Å². The van der Waals surface area contributed by atoms with Crippen LogP contribution in [0.5, 0.6) is 5.75 Å². The Bertz CT molecular complexity index is 693. The summed E-state index contributed by atoms with van der Waals surface area (Å²) in [5, 5.41) is 2.33. The Morgan fingerprint density at radius 2 is 1.95 bits per heavy atom. The Morgan fingerprint density at radius 3 is 2.57 bits per heavy atom. The Hall–Kier alpha value is -2.48. The average Bonchev–Trinajstić information content (AvgIpc) is 2.91. The highest BCUT2D eigenvalue weighted by atomic mass is 32.2. The van der Waals surface area contributed by atoms with Gasteiger partial charge < -0.3 is 13.9 Å². The summed E-state index contributed by atoms with van der Waals surface area (Å²) >= 11 is 0. The van der Waals surface area contributed by atoms with E-state index < -0.39 is 16.3 Å². The minimum atomic E-state index is -4.23. The molecule has 21 heavy (non-hydrogen) atoms. The first-order chi connectivity index (χ1) is 9.94. The van der Waals surface area contributed by atoms with Gasteiger partial charge in [-0.3, -0.25) is 0 Å². The summed E-state index contributed by atoms with van der Waals surface area (Å²) < 4.78 is 34.8. The molecule has 112 valence electrons. The van der Waals surface area contributed by atoms with Crippen molar-refractivity contribution in [3.8, 4) is 5.75 Å². The molecule has 0 fully saturated rings. The van der Waals surface area contributed by atoms with Crippen molar-refractivity contribution in [3.05, 3.63) is 54.0 Å². The van der Waals surface area contributed by atoms with E-state index in [0.717, 1.165) is 5.56 Å². The largest absolute Gasteiger partial charge is 0.467 e. The second kappa shape index (κ2) is 6.31. The van der Waals surface area contributed by atoms with Crippen LogP contribution in [-0.4, -0.2) is 14.4 Å². The fraction of sp³-hybridized carbons (Fsp3) is 0.154. The van der Waals surface area contributed by atoms with Crippen LogP contribution < -0.4 is 14.2 Å². The number of furan rings is 1. The molecule has 8 heteroatoms. The van der Waals surface area contributed by atoms with Gasteiger partial charge >= 0.3 is 16.3 Å². The third kappa shape index (κ3) is 4.84. The third-order valence-corrected chi connectivity index (χ3v) is 3.30. The van der Waals surface area contributed by atoms with Gasteiger partial charge in [0.15, 0.2) is 0 Å². The van der Waals surface area contributed by atoms with Gasteiger partial charge in [0, 0.05) is 0 Å². The molecule has 1 aromatic carbocycles. The fourth-order valence-electron chi connectivity index (χ4n) is 1.47. The van der Waals surface area contributed by atoms with E-state index in [2.05, 4.69) is 5.32 Å². The quantitative estimate of drug-likeness (QED) is 0.876. The highest BCUT2D eigenvalue weighted by molar-refractivity contribution is 7.85. The number of urea groups is 1. The zero-order chi connectivity index (χ0) is 15.3. The summed E-state index contributed by atoms with van der Waals surface area (Å²) in [5.74, 6) is 0.619. The molecule has 0 aliphatic carbocycles. The van der Waals surface area contributed by atoms with Crippen LogP contribution in [0.25, 0.3) is 0 Å². The number of rotatable bonds is 5. The predicted octanol–water partition coefficient (Wildman–Crippen LogP) is 1.71. The standard InChI is InChI=1S/C13H14N2O5S/c1-10-4-6-11(7-5-10)20-21(17,18)15-13(16)14-9-12-3-2-8-19-12/h2-8H,9H2,1H3,(H2,14,15,16). The topological polar surface area (TPSA) is 97.6 Å². The van der Waals surface area contributed by atoms with Crippen molar-refractivity contribution < 1.29 is 21.8 Å². The van der Waals surface area contributed by atoms with Gasteiger partial charge in [0.2, 0.25) is 0 Å². The van der Waals surface area contributed by atoms with Gasteiger partial charge in [-0.1, -0.05) is 17.7 Å². The number of carbonyl (C=O) groups is 1. The average molecular weight is 310 g/mol. The van der Waals surface area contributed by atoms with Crippen LogP contribution in [0.4, 0.5) is 4.79 Å². The minimum absolute atomic E-state index is 0.0683. The van der Waals surface area contributed by atoms with Crippen molar-refractivity contribution in [1.29, 1.82) is 0 Å². The molecule has 0 radical (unpaired) electrons. The van der Waals surface area contributed by atoms with Crippen LogP contribution in [0.3, 0.4) is 0 Å². The monoisotopic (exact) mass is 310 g/mol. The summed E-state index contributed by atoms with van der Waals surface area (Å²) in [4.78, 5) is 11.5. The third-order valence-electron chi connectivity index (χ3n) is 2.45. The van der Waals surface area contributed by atoms with E-state index in [9.17, 15) is 13.2 Å². The molecule has 2 aromatic rings. The summed E-state index contributed by atoms with van der Waals surface area (Å²) in [7, 11) is -4.23. The number of aryl methyl sites for hydroxylation is 1. The number of carbonyl (C=O) groups excluding carboxylic acids is 1. The predicted molar refractivity (Wildman–Crippen MR) is 74.8 cm³/mol. The molecular formula is C13H14N2O5S. The summed E-state index contributed by atoms with van der Waals surface area (Å²) in [5.41, 5.74) is 0.962. The van der Waals surface area contributed by atoms with E-state index in [-0.39, 0.29) is 12.3 Å². The fourth-order valence-corrected chi connectivity index (χ4v) is 2.18. The van der Waals surface area contributed by atoms with Gasteiger partial charge in [-0.25, -0.2) is 9.52 Å². The summed E-state index contributed by atoms with van der Waals surface area (Å²) in [6.07, 6.45) is 1.45. The first kappa shape index (κ1) is 14.9. The van der Waals surface area contributed by atoms with Crippen molar-refractivity contribution in [2.75, 3.05) is 0 Å². The van der Waals surface area contributed by atoms with Gasteiger partial charge in [-0.05, 0) is 31.2 Å². The van der Waals surface area contributed by atoms with Gasteiger partial charge in [0.05, 0.1) is 12.8 Å². The second-order valence-electron chi connectivity index (χ2n) is 4.21. The van der Waals surface area contributed by atoms with Gasteiger partial charge in [-0.2, -0.15) is 8.42 Å². The van der Waals surface area contributed by atoms with Crippen molar-refractivity contribution in [1.82, 2.24) is 10.0 Å². The maximum atomic E-state index is 11.6. The van der Waals surface area contributed by atoms with Crippen LogP contribution >= 0.6 is 0 Å². The first-order valence-corrected chi connectivity index (χ1v) is 7.44. The maximum Gasteiger partial charge on any atom is 0.411 e. The van der Waals surface area contributed by atoms with Crippen LogP contribution in [0, 0.1) is 6.92 Å². The van der Waals surface area contributed by atoms with Crippen molar-refractivity contribution in [3.63, 3.8) is 0 Å². The highest BCUT2D eigenvalue weighted by Gasteiger charge is 2.16. The number of hydrogen-bond acceptors (Lipinski definition) is 5. The lowest BCUT2D eigenvalue weighted by molar-refractivity contribution is 0.243. The smallest absolute Gasteiger partial charge is 0.411 e. The van der Waals surface area contributed by atoms with E-state index in [4.69, 9.17) is 8.60 Å². The number of hydrogen-bond donors (Lipinski definition) is 2. The SMILES string of the molecule is Cc1ccc(OS(=O)(=O)NC(=O)NCc2ccco2)cc1. The van der Waals surface area contributed by atoms with E-state index in [1.54, 1.807) is 29.0 Å². The molecule has 0 saturated carbocycles. The Morgan fingerprint density at radius 1 is 1.24 bits per heavy atom. The zero-order valence-corrected chi connectivity index (χ0v) is 12.0. The van der Waals surface area contributed by atoms with E-state index in [1.807, 2.05) is 6.92 Å². The molecule has 0 spiro atoms. The molecule has 0 aliphatic rings. The molecule has 2 amide bonds. The zero-order valence-electron chi connectivity index (χ0n) is 11.2. The second-order valence-corrected chi connectivity index (χ2v) is 5.49. The van der Waals surface area contributed by atoms with Gasteiger partial charge in [0.1, 0.15) is 11.5 Å². The van der Waals surface area contributed by atoms with Crippen molar-refractivity contribution >= 4 is 16.3 Å². The summed E-state index contributed by atoms with van der Waals surface area (Å²) in [6, 6.07) is 8.79. The normalized spacial score (nSPS) is 10.9. The molecule has 0 atom stereocenters. The Kier molecular flexibility index (Phi) is 4.49. The van der Waals surface area contributed by atoms with E-state index in [0.29, 0.717) is 5.76 Å². The lowest BCUT2D eigenvalue weighted by Gasteiger charge is -2.09. The molecule has 1 heterocycles. The molecular weight excluding hydrogens is 296 g/mol. The van der Waals surface area contributed by atoms with Crippen molar-refractivity contribution in [2.45, 2.75) is 13.5 Å². The van der Waals surface area contributed by atoms with E-state index >= 15 is 0 Å². The molecule has 7 nitrogen and oxygen atoms in total. The van der Waals surface area contributed by atoms with Crippen LogP contribution in [-0.2, 0) is 16.8 Å². The van der Waals surface area contributed by atoms with Gasteiger partial charge in [0.25, 0.3) is 0 Å². The number of nitrogens with one attached hydrogen (secondary N) is 2. The van der Waals surface area contributed by atoms with Crippen molar-refractivity contribution in [2.24, 2.45) is 0 Å². The molecule has 2 rings (SSSR count). The Labute approximate surface area is 122 Å². The minimum Gasteiger partial charge on any atom is -0.467 e. The molecule has 0 bridgehead atoms. The molecule has 0 saturated heterocycles. The Balaban J connectivity index is 1.88. The van der Waals surface area contributed by atoms with Gasteiger partial charge in [-0.15, -0.1) is 0 Å². The van der Waals surface area contributed by atoms with Crippen LogP contribution in [0.1, 0.15) is 11.3 Å². The molecule has 0 unspecified atom stereocenters. The maximum absolute atomic E-state index is 11.6. The number of amides is 2. The van der Waals surface area contributed by atoms with E-state index in [1.165, 1.54) is 18.4 Å². The lowest BCUT2D eigenvalue weighted by atomic mass is 10.2. The summed E-state index contributed by atoms with van der Waals surface area (Å²) in [6.45, 7) is 1.93. The number of benzene rings is 1. The van der Waals surface area contributed by atoms with Crippen LogP contribution in [0.2, 0.25) is 0 Å². The first-order valence-electron chi connectivity index (χ1n) is 6.04. The molecule has 1 aromatic heterocycles. The lowest BCUT2D eigenvalue weighted by Crippen LogP contribution is -2.41. The highest BCUT2D eigenvalue weighted by Crippen LogP contribution is 2.13.